The number of rotatable bonds is 3. The molecule has 21 heavy (non-hydrogen) atoms. The van der Waals surface area contributed by atoms with Gasteiger partial charge >= 0.3 is 0 Å². The van der Waals surface area contributed by atoms with Crippen molar-refractivity contribution in [3.8, 4) is 5.75 Å². The molecule has 1 fully saturated rings. The first-order chi connectivity index (χ1) is 10.2. The van der Waals surface area contributed by atoms with E-state index in [1.54, 1.807) is 0 Å². The summed E-state index contributed by atoms with van der Waals surface area (Å²) in [7, 11) is 0. The van der Waals surface area contributed by atoms with Gasteiger partial charge in [0.1, 0.15) is 5.75 Å². The van der Waals surface area contributed by atoms with E-state index in [0.717, 1.165) is 49.1 Å². The topological polar surface area (TPSA) is 55.4 Å². The lowest BCUT2D eigenvalue weighted by molar-refractivity contribution is -0.120. The second-order valence-corrected chi connectivity index (χ2v) is 5.95. The fraction of sp³-hybridized carbons (Fsp3) is 0.529. The summed E-state index contributed by atoms with van der Waals surface area (Å²) >= 11 is 0. The third-order valence-corrected chi connectivity index (χ3v) is 4.37. The van der Waals surface area contributed by atoms with Gasteiger partial charge in [-0.25, -0.2) is 0 Å². The first-order valence-electron chi connectivity index (χ1n) is 7.78. The second-order valence-electron chi connectivity index (χ2n) is 5.95. The fourth-order valence-corrected chi connectivity index (χ4v) is 3.06. The maximum Gasteiger partial charge on any atom is 0.220 e. The highest BCUT2D eigenvalue weighted by Crippen LogP contribution is 2.26. The van der Waals surface area contributed by atoms with Crippen LogP contribution in [0.4, 0.5) is 0 Å². The van der Waals surface area contributed by atoms with Gasteiger partial charge in [0.15, 0.2) is 5.78 Å². The van der Waals surface area contributed by atoms with E-state index < -0.39 is 0 Å². The van der Waals surface area contributed by atoms with Crippen molar-refractivity contribution in [1.29, 1.82) is 0 Å². The zero-order valence-electron chi connectivity index (χ0n) is 12.2. The smallest absolute Gasteiger partial charge is 0.220 e. The van der Waals surface area contributed by atoms with Crippen molar-refractivity contribution in [2.75, 3.05) is 13.2 Å². The summed E-state index contributed by atoms with van der Waals surface area (Å²) in [4.78, 5) is 23.2. The highest BCUT2D eigenvalue weighted by Gasteiger charge is 2.19. The van der Waals surface area contributed by atoms with Crippen LogP contribution in [-0.2, 0) is 11.2 Å². The fourth-order valence-electron chi connectivity index (χ4n) is 3.06. The Labute approximate surface area is 124 Å². The Hall–Kier alpha value is -1.84. The molecule has 1 aromatic carbocycles. The van der Waals surface area contributed by atoms with Gasteiger partial charge in [-0.15, -0.1) is 0 Å². The summed E-state index contributed by atoms with van der Waals surface area (Å²) in [5.74, 6) is 1.53. The highest BCUT2D eigenvalue weighted by molar-refractivity contribution is 5.98. The van der Waals surface area contributed by atoms with Gasteiger partial charge in [-0.05, 0) is 49.3 Å². The molecule has 0 bridgehead atoms. The third kappa shape index (κ3) is 3.43. The summed E-state index contributed by atoms with van der Waals surface area (Å²) in [6, 6.07) is 5.86. The molecule has 1 aromatic rings. The number of ether oxygens (including phenoxy) is 1. The van der Waals surface area contributed by atoms with Gasteiger partial charge in [-0.2, -0.15) is 0 Å². The minimum absolute atomic E-state index is 0.136. The first-order valence-corrected chi connectivity index (χ1v) is 7.78. The molecule has 112 valence electrons. The Balaban J connectivity index is 1.61. The van der Waals surface area contributed by atoms with Crippen LogP contribution < -0.4 is 10.1 Å². The SMILES string of the molecule is O=C1CCC(COc2ccc3c(c2)C(=O)CCC3)CCN1. The number of Topliss-reactive ketones (excluding diaryl/α,β-unsaturated/α-hetero) is 1. The lowest BCUT2D eigenvalue weighted by atomic mass is 9.90. The molecule has 1 unspecified atom stereocenters. The molecule has 1 N–H and O–H groups in total. The molecule has 1 aliphatic heterocycles. The van der Waals surface area contributed by atoms with E-state index >= 15 is 0 Å². The van der Waals surface area contributed by atoms with Gasteiger partial charge in [0.2, 0.25) is 5.91 Å². The number of fused-ring (bicyclic) bond motifs is 1. The normalized spacial score (nSPS) is 22.2. The highest BCUT2D eigenvalue weighted by atomic mass is 16.5. The molecule has 1 aliphatic carbocycles. The average Bonchev–Trinajstić information content (AvgIpc) is 2.70. The lowest BCUT2D eigenvalue weighted by Crippen LogP contribution is -2.21. The van der Waals surface area contributed by atoms with Crippen LogP contribution in [0.2, 0.25) is 0 Å². The van der Waals surface area contributed by atoms with Gasteiger partial charge in [0, 0.05) is 24.9 Å². The Morgan fingerprint density at radius 2 is 2.05 bits per heavy atom. The largest absolute Gasteiger partial charge is 0.493 e. The predicted octanol–water partition coefficient (Wildman–Crippen LogP) is 2.50. The first kappa shape index (κ1) is 14.1. The molecule has 0 radical (unpaired) electrons. The number of hydrogen-bond acceptors (Lipinski definition) is 3. The average molecular weight is 287 g/mol. The number of aryl methyl sites for hydroxylation is 1. The zero-order chi connectivity index (χ0) is 14.7. The van der Waals surface area contributed by atoms with Gasteiger partial charge in [0.05, 0.1) is 6.61 Å². The second kappa shape index (κ2) is 6.29. The van der Waals surface area contributed by atoms with E-state index in [1.165, 1.54) is 0 Å². The van der Waals surface area contributed by atoms with E-state index in [4.69, 9.17) is 4.74 Å². The quantitative estimate of drug-likeness (QED) is 0.929. The minimum atomic E-state index is 0.136. The minimum Gasteiger partial charge on any atom is -0.493 e. The monoisotopic (exact) mass is 287 g/mol. The van der Waals surface area contributed by atoms with Gasteiger partial charge in [-0.1, -0.05) is 6.07 Å². The standard InChI is InChI=1S/C17H21NO3/c19-16-3-1-2-13-5-6-14(10-15(13)16)21-11-12-4-7-17(20)18-9-8-12/h5-6,10,12H,1-4,7-9,11H2,(H,18,20). The molecule has 3 rings (SSSR count). The van der Waals surface area contributed by atoms with E-state index in [2.05, 4.69) is 5.32 Å². The lowest BCUT2D eigenvalue weighted by Gasteiger charge is -2.18. The summed E-state index contributed by atoms with van der Waals surface area (Å²) in [5, 5.41) is 2.88. The van der Waals surface area contributed by atoms with Crippen LogP contribution in [0.1, 0.15) is 48.0 Å². The van der Waals surface area contributed by atoms with E-state index in [9.17, 15) is 9.59 Å². The van der Waals surface area contributed by atoms with Crippen molar-refractivity contribution >= 4 is 11.7 Å². The summed E-state index contributed by atoms with van der Waals surface area (Å²) < 4.78 is 5.86. The van der Waals surface area contributed by atoms with Crippen LogP contribution in [0.5, 0.6) is 5.75 Å². The van der Waals surface area contributed by atoms with Crippen LogP contribution in [0.3, 0.4) is 0 Å². The molecular weight excluding hydrogens is 266 g/mol. The maximum atomic E-state index is 11.9. The molecule has 0 saturated carbocycles. The van der Waals surface area contributed by atoms with Gasteiger partial charge < -0.3 is 10.1 Å². The molecule has 1 saturated heterocycles. The van der Waals surface area contributed by atoms with Crippen LogP contribution in [-0.4, -0.2) is 24.8 Å². The number of carbonyl (C=O) groups excluding carboxylic acids is 2. The van der Waals surface area contributed by atoms with Gasteiger partial charge in [0.25, 0.3) is 0 Å². The van der Waals surface area contributed by atoms with Crippen molar-refractivity contribution in [1.82, 2.24) is 5.32 Å². The molecule has 1 amide bonds. The molecule has 4 heteroatoms. The van der Waals surface area contributed by atoms with Crippen LogP contribution >= 0.6 is 0 Å². The van der Waals surface area contributed by atoms with Crippen molar-refractivity contribution in [2.45, 2.75) is 38.5 Å². The Morgan fingerprint density at radius 1 is 1.14 bits per heavy atom. The van der Waals surface area contributed by atoms with Crippen molar-refractivity contribution in [3.63, 3.8) is 0 Å². The molecule has 0 spiro atoms. The Morgan fingerprint density at radius 3 is 2.95 bits per heavy atom. The maximum absolute atomic E-state index is 11.9. The summed E-state index contributed by atoms with van der Waals surface area (Å²) in [6.45, 7) is 1.34. The van der Waals surface area contributed by atoms with Gasteiger partial charge in [-0.3, -0.25) is 9.59 Å². The van der Waals surface area contributed by atoms with E-state index in [-0.39, 0.29) is 11.7 Å². The number of carbonyl (C=O) groups is 2. The molecule has 0 aromatic heterocycles. The molecular formula is C17H21NO3. The molecule has 1 atom stereocenters. The number of benzene rings is 1. The Bertz CT molecular complexity index is 553. The van der Waals surface area contributed by atoms with Crippen molar-refractivity contribution < 1.29 is 14.3 Å². The van der Waals surface area contributed by atoms with Crippen molar-refractivity contribution in [3.05, 3.63) is 29.3 Å². The predicted molar refractivity (Wildman–Crippen MR) is 79.6 cm³/mol. The van der Waals surface area contributed by atoms with E-state index in [1.807, 2.05) is 18.2 Å². The number of nitrogens with one attached hydrogen (secondary N) is 1. The summed E-state index contributed by atoms with van der Waals surface area (Å²) in [5.41, 5.74) is 1.97. The van der Waals surface area contributed by atoms with E-state index in [0.29, 0.717) is 25.4 Å². The molecule has 2 aliphatic rings. The van der Waals surface area contributed by atoms with Crippen LogP contribution in [0, 0.1) is 5.92 Å². The number of ketones is 1. The molecule has 4 nitrogen and oxygen atoms in total. The van der Waals surface area contributed by atoms with Crippen molar-refractivity contribution in [2.24, 2.45) is 5.92 Å². The third-order valence-electron chi connectivity index (χ3n) is 4.37. The van der Waals surface area contributed by atoms with Crippen LogP contribution in [0.25, 0.3) is 0 Å². The summed E-state index contributed by atoms with van der Waals surface area (Å²) in [6.07, 6.45) is 4.99. The Kier molecular flexibility index (Phi) is 4.23. The van der Waals surface area contributed by atoms with Crippen LogP contribution in [0.15, 0.2) is 18.2 Å². The number of amides is 1. The molecule has 1 heterocycles. The zero-order valence-corrected chi connectivity index (χ0v) is 12.2. The number of hydrogen-bond donors (Lipinski definition) is 1.